The first kappa shape index (κ1) is 15.8. The average molecular weight is 306 g/mol. The fourth-order valence-corrected chi connectivity index (χ4v) is 3.45. The molecule has 0 aromatic heterocycles. The monoisotopic (exact) mass is 306 g/mol. The summed E-state index contributed by atoms with van der Waals surface area (Å²) in [5.41, 5.74) is 0.653. The quantitative estimate of drug-likeness (QED) is 0.737. The maximum atomic E-state index is 12.1. The van der Waals surface area contributed by atoms with Crippen LogP contribution in [-0.2, 0) is 10.0 Å². The second kappa shape index (κ2) is 7.43. The van der Waals surface area contributed by atoms with Crippen LogP contribution in [0.1, 0.15) is 19.8 Å². The third-order valence-corrected chi connectivity index (χ3v) is 4.68. The van der Waals surface area contributed by atoms with Crippen molar-refractivity contribution in [2.24, 2.45) is 0 Å². The van der Waals surface area contributed by atoms with Crippen LogP contribution in [0, 0.1) is 0 Å². The second-order valence-corrected chi connectivity index (χ2v) is 6.85. The fourth-order valence-electron chi connectivity index (χ4n) is 2.25. The molecule has 0 aliphatic rings. The molecule has 0 aliphatic carbocycles. The fraction of sp³-hybridized carbons (Fsp3) is 0.375. The van der Waals surface area contributed by atoms with E-state index in [1.165, 1.54) is 0 Å². The third kappa shape index (κ3) is 4.72. The lowest BCUT2D eigenvalue weighted by atomic mass is 10.1. The molecule has 2 aromatic carbocycles. The summed E-state index contributed by atoms with van der Waals surface area (Å²) < 4.78 is 27.0. The number of sulfonamides is 1. The van der Waals surface area contributed by atoms with Crippen molar-refractivity contribution in [3.63, 3.8) is 0 Å². The van der Waals surface area contributed by atoms with Crippen LogP contribution < -0.4 is 10.0 Å². The molecule has 0 radical (unpaired) electrons. The van der Waals surface area contributed by atoms with Crippen molar-refractivity contribution in [2.45, 2.75) is 19.8 Å². The number of benzene rings is 2. The highest BCUT2D eigenvalue weighted by Gasteiger charge is 2.11. The van der Waals surface area contributed by atoms with Crippen molar-refractivity contribution < 1.29 is 8.42 Å². The van der Waals surface area contributed by atoms with Crippen LogP contribution in [0.4, 0.5) is 5.69 Å². The Kier molecular flexibility index (Phi) is 5.59. The second-order valence-electron chi connectivity index (χ2n) is 5.01. The van der Waals surface area contributed by atoms with E-state index >= 15 is 0 Å². The predicted octanol–water partition coefficient (Wildman–Crippen LogP) is 2.97. The Bertz CT molecular complexity index is 678. The summed E-state index contributed by atoms with van der Waals surface area (Å²) in [7, 11) is -3.29. The molecule has 0 heterocycles. The van der Waals surface area contributed by atoms with Crippen LogP contribution in [0.3, 0.4) is 0 Å². The van der Waals surface area contributed by atoms with Crippen LogP contribution >= 0.6 is 0 Å². The number of anilines is 1. The first-order valence-corrected chi connectivity index (χ1v) is 8.96. The van der Waals surface area contributed by atoms with Crippen LogP contribution in [0.15, 0.2) is 42.5 Å². The Morgan fingerprint density at radius 1 is 1.00 bits per heavy atom. The molecule has 0 bridgehead atoms. The SMILES string of the molecule is CCNCCCCS(=O)(=O)Nc1cccc2ccccc12. The molecule has 0 atom stereocenters. The standard InChI is InChI=1S/C16H22N2O2S/c1-2-17-12-5-6-13-21(19,20)18-16-11-7-9-14-8-3-4-10-15(14)16/h3-4,7-11,17-18H,2,5-6,12-13H2,1H3. The maximum absolute atomic E-state index is 12.1. The van der Waals surface area contributed by atoms with Gasteiger partial charge < -0.3 is 5.32 Å². The van der Waals surface area contributed by atoms with Crippen LogP contribution in [0.25, 0.3) is 10.8 Å². The summed E-state index contributed by atoms with van der Waals surface area (Å²) in [6.45, 7) is 3.82. The molecule has 0 amide bonds. The molecule has 2 aromatic rings. The zero-order valence-electron chi connectivity index (χ0n) is 12.3. The molecule has 5 heteroatoms. The van der Waals surface area contributed by atoms with E-state index in [4.69, 9.17) is 0 Å². The van der Waals surface area contributed by atoms with Gasteiger partial charge in [-0.2, -0.15) is 0 Å². The molecule has 4 nitrogen and oxygen atoms in total. The van der Waals surface area contributed by atoms with E-state index < -0.39 is 10.0 Å². The van der Waals surface area contributed by atoms with Gasteiger partial charge in [-0.25, -0.2) is 8.42 Å². The van der Waals surface area contributed by atoms with Gasteiger partial charge in [0.25, 0.3) is 0 Å². The lowest BCUT2D eigenvalue weighted by molar-refractivity contribution is 0.593. The molecule has 114 valence electrons. The minimum Gasteiger partial charge on any atom is -0.317 e. The van der Waals surface area contributed by atoms with Crippen LogP contribution in [0.5, 0.6) is 0 Å². The van der Waals surface area contributed by atoms with Gasteiger partial charge in [-0.15, -0.1) is 0 Å². The molecular weight excluding hydrogens is 284 g/mol. The van der Waals surface area contributed by atoms with Crippen molar-refractivity contribution in [2.75, 3.05) is 23.6 Å². The summed E-state index contributed by atoms with van der Waals surface area (Å²) in [6, 6.07) is 13.4. The summed E-state index contributed by atoms with van der Waals surface area (Å²) in [6.07, 6.45) is 1.53. The Labute approximate surface area is 126 Å². The molecule has 0 saturated heterocycles. The lowest BCUT2D eigenvalue weighted by Crippen LogP contribution is -2.19. The minimum absolute atomic E-state index is 0.154. The smallest absolute Gasteiger partial charge is 0.232 e. The number of fused-ring (bicyclic) bond motifs is 1. The van der Waals surface area contributed by atoms with E-state index in [1.807, 2.05) is 43.3 Å². The van der Waals surface area contributed by atoms with Crippen molar-refractivity contribution in [3.8, 4) is 0 Å². The summed E-state index contributed by atoms with van der Waals surface area (Å²) in [5, 5.41) is 5.15. The van der Waals surface area contributed by atoms with E-state index in [1.54, 1.807) is 6.07 Å². The third-order valence-electron chi connectivity index (χ3n) is 3.32. The van der Waals surface area contributed by atoms with Gasteiger partial charge in [-0.05, 0) is 37.4 Å². The van der Waals surface area contributed by atoms with E-state index in [-0.39, 0.29) is 5.75 Å². The number of rotatable bonds is 8. The summed E-state index contributed by atoms with van der Waals surface area (Å²) in [4.78, 5) is 0. The Morgan fingerprint density at radius 2 is 1.76 bits per heavy atom. The number of hydrogen-bond donors (Lipinski definition) is 2. The maximum Gasteiger partial charge on any atom is 0.232 e. The van der Waals surface area contributed by atoms with Crippen molar-refractivity contribution in [3.05, 3.63) is 42.5 Å². The van der Waals surface area contributed by atoms with Gasteiger partial charge in [0.05, 0.1) is 11.4 Å². The molecule has 0 saturated carbocycles. The van der Waals surface area contributed by atoms with Crippen molar-refractivity contribution in [1.82, 2.24) is 5.32 Å². The van der Waals surface area contributed by atoms with Gasteiger partial charge in [0, 0.05) is 5.39 Å². The molecule has 0 fully saturated rings. The van der Waals surface area contributed by atoms with E-state index in [0.717, 1.165) is 30.3 Å². The van der Waals surface area contributed by atoms with E-state index in [2.05, 4.69) is 10.0 Å². The van der Waals surface area contributed by atoms with Gasteiger partial charge in [0.2, 0.25) is 10.0 Å². The number of unbranched alkanes of at least 4 members (excludes halogenated alkanes) is 1. The van der Waals surface area contributed by atoms with Crippen LogP contribution in [0.2, 0.25) is 0 Å². The largest absolute Gasteiger partial charge is 0.317 e. The molecule has 2 N–H and O–H groups in total. The molecule has 0 spiro atoms. The lowest BCUT2D eigenvalue weighted by Gasteiger charge is -2.10. The van der Waals surface area contributed by atoms with Crippen LogP contribution in [-0.4, -0.2) is 27.3 Å². The molecule has 21 heavy (non-hydrogen) atoms. The summed E-state index contributed by atoms with van der Waals surface area (Å²) >= 11 is 0. The molecular formula is C16H22N2O2S. The normalized spacial score (nSPS) is 11.7. The molecule has 0 unspecified atom stereocenters. The van der Waals surface area contributed by atoms with E-state index in [0.29, 0.717) is 12.1 Å². The summed E-state index contributed by atoms with van der Waals surface area (Å²) in [5.74, 6) is 0.154. The van der Waals surface area contributed by atoms with Gasteiger partial charge in [0.1, 0.15) is 0 Å². The average Bonchev–Trinajstić information content (AvgIpc) is 2.47. The van der Waals surface area contributed by atoms with E-state index in [9.17, 15) is 8.42 Å². The predicted molar refractivity (Wildman–Crippen MR) is 89.1 cm³/mol. The van der Waals surface area contributed by atoms with Gasteiger partial charge in [0.15, 0.2) is 0 Å². The number of nitrogens with one attached hydrogen (secondary N) is 2. The highest BCUT2D eigenvalue weighted by molar-refractivity contribution is 7.92. The highest BCUT2D eigenvalue weighted by atomic mass is 32.2. The molecule has 2 rings (SSSR count). The van der Waals surface area contributed by atoms with Crippen molar-refractivity contribution in [1.29, 1.82) is 0 Å². The van der Waals surface area contributed by atoms with Gasteiger partial charge >= 0.3 is 0 Å². The van der Waals surface area contributed by atoms with Gasteiger partial charge in [-0.1, -0.05) is 43.3 Å². The Hall–Kier alpha value is -1.59. The zero-order valence-corrected chi connectivity index (χ0v) is 13.1. The Balaban J connectivity index is 2.02. The molecule has 0 aliphatic heterocycles. The van der Waals surface area contributed by atoms with Crippen molar-refractivity contribution >= 4 is 26.5 Å². The first-order valence-electron chi connectivity index (χ1n) is 7.31. The zero-order chi connectivity index (χ0) is 15.1. The van der Waals surface area contributed by atoms with Gasteiger partial charge in [-0.3, -0.25) is 4.72 Å². The minimum atomic E-state index is -3.29. The first-order chi connectivity index (χ1) is 10.1. The number of hydrogen-bond acceptors (Lipinski definition) is 3. The highest BCUT2D eigenvalue weighted by Crippen LogP contribution is 2.23. The Morgan fingerprint density at radius 3 is 2.57 bits per heavy atom. The topological polar surface area (TPSA) is 58.2 Å².